The normalized spacial score (nSPS) is 11.6. The molecule has 1 unspecified atom stereocenters. The number of para-hydroxylation sites is 1. The van der Waals surface area contributed by atoms with Crippen LogP contribution in [-0.4, -0.2) is 6.54 Å². The third-order valence-electron chi connectivity index (χ3n) is 2.53. The van der Waals surface area contributed by atoms with Crippen LogP contribution >= 0.6 is 0 Å². The number of nitrogens with zero attached hydrogens (tertiary/aromatic N) is 2. The molecule has 0 aliphatic heterocycles. The molecule has 0 saturated carbocycles. The smallest absolute Gasteiger partial charge is 0.101 e. The Morgan fingerprint density at radius 3 is 2.50 bits per heavy atom. The molecule has 1 aromatic rings. The number of hydrogen-bond acceptors (Lipinski definition) is 3. The van der Waals surface area contributed by atoms with Crippen molar-refractivity contribution < 1.29 is 0 Å². The fourth-order valence-corrected chi connectivity index (χ4v) is 1.39. The van der Waals surface area contributed by atoms with Gasteiger partial charge < -0.3 is 5.32 Å². The van der Waals surface area contributed by atoms with Crippen molar-refractivity contribution in [3.05, 3.63) is 29.8 Å². The Bertz CT molecular complexity index is 424. The Hall–Kier alpha value is -2.00. The second-order valence-electron chi connectivity index (χ2n) is 4.02. The van der Waals surface area contributed by atoms with Gasteiger partial charge in [0, 0.05) is 6.54 Å². The molecule has 0 radical (unpaired) electrons. The van der Waals surface area contributed by atoms with Gasteiger partial charge in [0.1, 0.15) is 6.07 Å². The van der Waals surface area contributed by atoms with Gasteiger partial charge in [0.25, 0.3) is 0 Å². The van der Waals surface area contributed by atoms with Gasteiger partial charge in [-0.25, -0.2) is 0 Å². The number of nitrogens with one attached hydrogen (secondary N) is 1. The minimum absolute atomic E-state index is 0.0354. The van der Waals surface area contributed by atoms with Crippen LogP contribution in [0.4, 0.5) is 5.69 Å². The van der Waals surface area contributed by atoms with Crippen LogP contribution in [-0.2, 0) is 0 Å². The van der Waals surface area contributed by atoms with Crippen LogP contribution in [0.1, 0.15) is 19.4 Å². The van der Waals surface area contributed by atoms with Gasteiger partial charge in [0.15, 0.2) is 0 Å². The minimum atomic E-state index is -0.0354. The quantitative estimate of drug-likeness (QED) is 0.836. The first-order valence-electron chi connectivity index (χ1n) is 5.31. The maximum Gasteiger partial charge on any atom is 0.101 e. The highest BCUT2D eigenvalue weighted by atomic mass is 14.9. The number of rotatable bonds is 4. The molecule has 0 saturated heterocycles. The predicted octanol–water partition coefficient (Wildman–Crippen LogP) is 2.77. The summed E-state index contributed by atoms with van der Waals surface area (Å²) in [4.78, 5) is 0. The average Bonchev–Trinajstić information content (AvgIpc) is 2.30. The average molecular weight is 213 g/mol. The van der Waals surface area contributed by atoms with Crippen LogP contribution in [0.3, 0.4) is 0 Å². The standard InChI is InChI=1S/C13H15N3/c1-10(2)12(8-15)9-16-13-6-4-3-5-11(13)7-14/h3-6,10,12,16H,9H2,1-2H3. The summed E-state index contributed by atoms with van der Waals surface area (Å²) < 4.78 is 0. The van der Waals surface area contributed by atoms with Crippen molar-refractivity contribution in [1.29, 1.82) is 10.5 Å². The topological polar surface area (TPSA) is 59.6 Å². The van der Waals surface area contributed by atoms with Crippen molar-refractivity contribution >= 4 is 5.69 Å². The summed E-state index contributed by atoms with van der Waals surface area (Å²) in [6.07, 6.45) is 0. The van der Waals surface area contributed by atoms with E-state index < -0.39 is 0 Å². The molecule has 0 amide bonds. The van der Waals surface area contributed by atoms with Crippen molar-refractivity contribution in [2.24, 2.45) is 11.8 Å². The van der Waals surface area contributed by atoms with E-state index in [1.807, 2.05) is 32.0 Å². The summed E-state index contributed by atoms with van der Waals surface area (Å²) >= 11 is 0. The number of benzene rings is 1. The van der Waals surface area contributed by atoms with Crippen molar-refractivity contribution in [1.82, 2.24) is 0 Å². The molecule has 0 aliphatic carbocycles. The molecule has 0 spiro atoms. The third-order valence-corrected chi connectivity index (χ3v) is 2.53. The molecule has 0 fully saturated rings. The van der Waals surface area contributed by atoms with Crippen LogP contribution in [0, 0.1) is 34.5 Å². The molecule has 1 N–H and O–H groups in total. The molecular weight excluding hydrogens is 198 g/mol. The Labute approximate surface area is 96.3 Å². The highest BCUT2D eigenvalue weighted by Crippen LogP contribution is 2.16. The van der Waals surface area contributed by atoms with Crippen molar-refractivity contribution in [2.45, 2.75) is 13.8 Å². The Kier molecular flexibility index (Phi) is 4.36. The van der Waals surface area contributed by atoms with E-state index in [4.69, 9.17) is 10.5 Å². The molecular formula is C13H15N3. The fraction of sp³-hybridized carbons (Fsp3) is 0.385. The highest BCUT2D eigenvalue weighted by molar-refractivity contribution is 5.57. The SMILES string of the molecule is CC(C)C(C#N)CNc1ccccc1C#N. The lowest BCUT2D eigenvalue weighted by Gasteiger charge is -2.15. The Morgan fingerprint density at radius 2 is 1.94 bits per heavy atom. The van der Waals surface area contributed by atoms with Crippen molar-refractivity contribution in [3.63, 3.8) is 0 Å². The van der Waals surface area contributed by atoms with E-state index >= 15 is 0 Å². The van der Waals surface area contributed by atoms with Crippen LogP contribution < -0.4 is 5.32 Å². The molecule has 1 rings (SSSR count). The first kappa shape index (κ1) is 12.1. The van der Waals surface area contributed by atoms with E-state index in [9.17, 15) is 0 Å². The number of anilines is 1. The van der Waals surface area contributed by atoms with E-state index in [1.165, 1.54) is 0 Å². The first-order chi connectivity index (χ1) is 7.69. The number of hydrogen-bond donors (Lipinski definition) is 1. The van der Waals surface area contributed by atoms with Gasteiger partial charge in [-0.3, -0.25) is 0 Å². The van der Waals surface area contributed by atoms with Crippen LogP contribution in [0.15, 0.2) is 24.3 Å². The molecule has 3 nitrogen and oxygen atoms in total. The van der Waals surface area contributed by atoms with Crippen LogP contribution in [0.25, 0.3) is 0 Å². The maximum atomic E-state index is 8.95. The molecule has 0 bridgehead atoms. The molecule has 16 heavy (non-hydrogen) atoms. The lowest BCUT2D eigenvalue weighted by atomic mass is 9.97. The Morgan fingerprint density at radius 1 is 1.25 bits per heavy atom. The lowest BCUT2D eigenvalue weighted by Crippen LogP contribution is -2.18. The largest absolute Gasteiger partial charge is 0.383 e. The summed E-state index contributed by atoms with van der Waals surface area (Å²) in [5, 5.41) is 21.0. The van der Waals surface area contributed by atoms with E-state index in [0.29, 0.717) is 18.0 Å². The van der Waals surface area contributed by atoms with Gasteiger partial charge in [0.2, 0.25) is 0 Å². The summed E-state index contributed by atoms with van der Waals surface area (Å²) in [6.45, 7) is 4.62. The van der Waals surface area contributed by atoms with Crippen molar-refractivity contribution in [2.75, 3.05) is 11.9 Å². The van der Waals surface area contributed by atoms with Gasteiger partial charge in [0.05, 0.1) is 23.2 Å². The van der Waals surface area contributed by atoms with E-state index in [1.54, 1.807) is 6.07 Å². The number of nitriles is 2. The molecule has 82 valence electrons. The molecule has 0 aliphatic rings. The second-order valence-corrected chi connectivity index (χ2v) is 4.02. The van der Waals surface area contributed by atoms with Gasteiger partial charge in [-0.2, -0.15) is 10.5 Å². The van der Waals surface area contributed by atoms with Crippen LogP contribution in [0.5, 0.6) is 0 Å². The van der Waals surface area contributed by atoms with Gasteiger partial charge in [-0.15, -0.1) is 0 Å². The van der Waals surface area contributed by atoms with E-state index in [2.05, 4.69) is 17.5 Å². The summed E-state index contributed by atoms with van der Waals surface area (Å²) in [5.74, 6) is 0.276. The van der Waals surface area contributed by atoms with E-state index in [0.717, 1.165) is 5.69 Å². The van der Waals surface area contributed by atoms with Gasteiger partial charge in [-0.05, 0) is 18.1 Å². The van der Waals surface area contributed by atoms with E-state index in [-0.39, 0.29) is 5.92 Å². The molecule has 3 heteroatoms. The monoisotopic (exact) mass is 213 g/mol. The first-order valence-corrected chi connectivity index (χ1v) is 5.31. The highest BCUT2D eigenvalue weighted by Gasteiger charge is 2.12. The second kappa shape index (κ2) is 5.78. The van der Waals surface area contributed by atoms with Crippen molar-refractivity contribution in [3.8, 4) is 12.1 Å². The Balaban J connectivity index is 2.69. The summed E-state index contributed by atoms with van der Waals surface area (Å²) in [5.41, 5.74) is 1.41. The molecule has 1 atom stereocenters. The third kappa shape index (κ3) is 3.00. The van der Waals surface area contributed by atoms with Crippen LogP contribution in [0.2, 0.25) is 0 Å². The summed E-state index contributed by atoms with van der Waals surface area (Å²) in [6, 6.07) is 11.7. The van der Waals surface area contributed by atoms with Gasteiger partial charge in [-0.1, -0.05) is 26.0 Å². The molecule has 1 aromatic carbocycles. The molecule has 0 aromatic heterocycles. The fourth-order valence-electron chi connectivity index (χ4n) is 1.39. The minimum Gasteiger partial charge on any atom is -0.383 e. The summed E-state index contributed by atoms with van der Waals surface area (Å²) in [7, 11) is 0. The zero-order chi connectivity index (χ0) is 12.0. The zero-order valence-corrected chi connectivity index (χ0v) is 9.57. The lowest BCUT2D eigenvalue weighted by molar-refractivity contribution is 0.496. The molecule has 0 heterocycles. The van der Waals surface area contributed by atoms with Gasteiger partial charge >= 0.3 is 0 Å². The zero-order valence-electron chi connectivity index (χ0n) is 9.57. The predicted molar refractivity (Wildman–Crippen MR) is 63.6 cm³/mol. The maximum absolute atomic E-state index is 8.95.